The first kappa shape index (κ1) is 20.8. The van der Waals surface area contributed by atoms with Gasteiger partial charge < -0.3 is 16.4 Å². The van der Waals surface area contributed by atoms with Crippen LogP contribution in [-0.4, -0.2) is 48.6 Å². The predicted molar refractivity (Wildman–Crippen MR) is 101 cm³/mol. The molecule has 0 bridgehead atoms. The molecule has 0 aliphatic heterocycles. The van der Waals surface area contributed by atoms with Crippen molar-refractivity contribution in [3.63, 3.8) is 0 Å². The van der Waals surface area contributed by atoms with Crippen LogP contribution in [0.15, 0.2) is 35.1 Å². The minimum Gasteiger partial charge on any atom is -0.398 e. The highest BCUT2D eigenvalue weighted by Crippen LogP contribution is 2.24. The maximum absolute atomic E-state index is 11.4. The summed E-state index contributed by atoms with van der Waals surface area (Å²) in [5.74, 6) is -0.182. The van der Waals surface area contributed by atoms with Crippen molar-refractivity contribution in [3.05, 3.63) is 35.5 Å². The van der Waals surface area contributed by atoms with E-state index in [1.165, 1.54) is 12.1 Å². The number of halogens is 1. The van der Waals surface area contributed by atoms with Crippen LogP contribution in [0, 0.1) is 0 Å². The van der Waals surface area contributed by atoms with Gasteiger partial charge in [-0.05, 0) is 29.8 Å². The van der Waals surface area contributed by atoms with Crippen LogP contribution in [-0.2, 0) is 20.0 Å². The van der Waals surface area contributed by atoms with Crippen LogP contribution in [0.1, 0.15) is 0 Å². The van der Waals surface area contributed by atoms with Crippen LogP contribution in [0.4, 0.5) is 23.3 Å². The molecule has 0 unspecified atom stereocenters. The quantitative estimate of drug-likeness (QED) is 0.345. The number of anilines is 4. The zero-order valence-electron chi connectivity index (χ0n) is 13.6. The third-order valence-corrected chi connectivity index (χ3v) is 5.45. The van der Waals surface area contributed by atoms with Gasteiger partial charge in [0, 0.05) is 17.6 Å². The van der Waals surface area contributed by atoms with Gasteiger partial charge in [-0.2, -0.15) is 23.4 Å². The lowest BCUT2D eigenvalue weighted by Crippen LogP contribution is -2.15. The van der Waals surface area contributed by atoms with Gasteiger partial charge >= 0.3 is 0 Å². The lowest BCUT2D eigenvalue weighted by Gasteiger charge is -2.10. The first-order valence-corrected chi connectivity index (χ1v) is 10.7. The molecule has 0 aliphatic carbocycles. The molecule has 0 atom stereocenters. The van der Waals surface area contributed by atoms with Crippen LogP contribution < -0.4 is 16.4 Å². The molecule has 0 amide bonds. The third kappa shape index (κ3) is 6.02. The Kier molecular flexibility index (Phi) is 6.20. The molecule has 0 saturated carbocycles. The Labute approximate surface area is 160 Å². The summed E-state index contributed by atoms with van der Waals surface area (Å²) in [5.41, 5.74) is 5.74. The summed E-state index contributed by atoms with van der Waals surface area (Å²) in [6.07, 6.45) is 0. The molecule has 0 saturated heterocycles. The molecule has 14 heteroatoms. The monoisotopic (exact) mass is 434 g/mol. The summed E-state index contributed by atoms with van der Waals surface area (Å²) in [6.45, 7) is 3.23. The number of hydrogen-bond acceptors (Lipinski definition) is 10. The van der Waals surface area contributed by atoms with Crippen molar-refractivity contribution < 1.29 is 21.4 Å². The first-order chi connectivity index (χ1) is 12.5. The Morgan fingerprint density at radius 1 is 1.19 bits per heavy atom. The number of sulfone groups is 1. The number of benzene rings is 1. The van der Waals surface area contributed by atoms with Gasteiger partial charge in [0.05, 0.1) is 11.4 Å². The second kappa shape index (κ2) is 8.04. The Morgan fingerprint density at radius 2 is 1.85 bits per heavy atom. The molecule has 146 valence electrons. The Hall–Kier alpha value is -2.48. The number of rotatable bonds is 8. The van der Waals surface area contributed by atoms with Crippen molar-refractivity contribution in [1.82, 2.24) is 15.0 Å². The fourth-order valence-electron chi connectivity index (χ4n) is 1.86. The van der Waals surface area contributed by atoms with Gasteiger partial charge in [-0.25, -0.2) is 8.42 Å². The van der Waals surface area contributed by atoms with Gasteiger partial charge in [0.2, 0.25) is 17.2 Å². The van der Waals surface area contributed by atoms with Crippen molar-refractivity contribution in [1.29, 1.82) is 0 Å². The first-order valence-electron chi connectivity index (χ1n) is 7.15. The van der Waals surface area contributed by atoms with Crippen LogP contribution in [0.5, 0.6) is 0 Å². The molecule has 0 fully saturated rings. The molecular formula is C13H15ClN6O5S2. The average molecular weight is 435 g/mol. The Bertz CT molecular complexity index is 1070. The van der Waals surface area contributed by atoms with E-state index >= 15 is 0 Å². The molecule has 1 aromatic carbocycles. The fraction of sp³-hybridized carbons (Fsp3) is 0.154. The van der Waals surface area contributed by atoms with E-state index in [4.69, 9.17) is 21.9 Å². The molecule has 11 nitrogen and oxygen atoms in total. The van der Waals surface area contributed by atoms with Crippen LogP contribution in [0.2, 0.25) is 5.28 Å². The number of nitrogens with one attached hydrogen (secondary N) is 2. The van der Waals surface area contributed by atoms with E-state index in [2.05, 4.69) is 32.2 Å². The summed E-state index contributed by atoms with van der Waals surface area (Å²) in [6, 6.07) is 3.70. The lowest BCUT2D eigenvalue weighted by atomic mass is 10.3. The molecule has 2 aromatic rings. The summed E-state index contributed by atoms with van der Waals surface area (Å²) in [7, 11) is -7.82. The zero-order valence-corrected chi connectivity index (χ0v) is 16.0. The molecule has 0 radical (unpaired) electrons. The summed E-state index contributed by atoms with van der Waals surface area (Å²) in [5, 5.41) is 6.12. The van der Waals surface area contributed by atoms with E-state index in [1.807, 2.05) is 0 Å². The molecule has 1 heterocycles. The zero-order chi connectivity index (χ0) is 20.2. The van der Waals surface area contributed by atoms with Crippen molar-refractivity contribution in [3.8, 4) is 0 Å². The highest BCUT2D eigenvalue weighted by molar-refractivity contribution is 7.94. The van der Waals surface area contributed by atoms with Crippen molar-refractivity contribution in [2.45, 2.75) is 4.90 Å². The van der Waals surface area contributed by atoms with Gasteiger partial charge in [-0.1, -0.05) is 6.58 Å². The highest BCUT2D eigenvalue weighted by atomic mass is 35.5. The second-order valence-corrected chi connectivity index (χ2v) is 8.86. The minimum absolute atomic E-state index is 0.00286. The third-order valence-electron chi connectivity index (χ3n) is 3.08. The molecule has 0 spiro atoms. The van der Waals surface area contributed by atoms with E-state index in [0.29, 0.717) is 5.69 Å². The lowest BCUT2D eigenvalue weighted by molar-refractivity contribution is 0.483. The van der Waals surface area contributed by atoms with Gasteiger partial charge in [0.25, 0.3) is 10.1 Å². The SMILES string of the molecule is C=CS(=O)(=O)CCNc1nc(Cl)nc(Nc2ccc(S(=O)(=O)O)c(N)c2)n1. The number of nitrogens with two attached hydrogens (primary N) is 1. The van der Waals surface area contributed by atoms with E-state index in [9.17, 15) is 16.8 Å². The Morgan fingerprint density at radius 3 is 2.44 bits per heavy atom. The number of hydrogen-bond donors (Lipinski definition) is 4. The molecule has 1 aromatic heterocycles. The van der Waals surface area contributed by atoms with Gasteiger partial charge in [0.15, 0.2) is 9.84 Å². The largest absolute Gasteiger partial charge is 0.398 e. The second-order valence-electron chi connectivity index (χ2n) is 5.06. The van der Waals surface area contributed by atoms with E-state index in [1.54, 1.807) is 0 Å². The average Bonchev–Trinajstić information content (AvgIpc) is 2.53. The van der Waals surface area contributed by atoms with Crippen molar-refractivity contribution in [2.24, 2.45) is 0 Å². The number of aromatic nitrogens is 3. The maximum atomic E-state index is 11.4. The predicted octanol–water partition coefficient (Wildman–Crippen LogP) is 1.07. The summed E-state index contributed by atoms with van der Waals surface area (Å²) >= 11 is 5.81. The fourth-order valence-corrected chi connectivity index (χ4v) is 3.17. The topological polar surface area (TPSA) is 177 Å². The van der Waals surface area contributed by atoms with Crippen molar-refractivity contribution >= 4 is 54.8 Å². The van der Waals surface area contributed by atoms with Gasteiger partial charge in [0.1, 0.15) is 4.90 Å². The number of nitrogen functional groups attached to an aromatic ring is 1. The van der Waals surface area contributed by atoms with Crippen LogP contribution in [0.3, 0.4) is 0 Å². The molecular weight excluding hydrogens is 420 g/mol. The van der Waals surface area contributed by atoms with Crippen LogP contribution in [0.25, 0.3) is 0 Å². The van der Waals surface area contributed by atoms with Gasteiger partial charge in [-0.3, -0.25) is 4.55 Å². The molecule has 5 N–H and O–H groups in total. The minimum atomic E-state index is -4.44. The summed E-state index contributed by atoms with van der Waals surface area (Å²) < 4.78 is 54.1. The van der Waals surface area contributed by atoms with E-state index in [0.717, 1.165) is 11.5 Å². The van der Waals surface area contributed by atoms with Gasteiger partial charge in [-0.15, -0.1) is 0 Å². The smallest absolute Gasteiger partial charge is 0.296 e. The molecule has 0 aliphatic rings. The van der Waals surface area contributed by atoms with Crippen molar-refractivity contribution in [2.75, 3.05) is 28.7 Å². The number of nitrogens with zero attached hydrogens (tertiary/aromatic N) is 3. The normalized spacial score (nSPS) is 11.8. The van der Waals surface area contributed by atoms with E-state index in [-0.39, 0.29) is 35.2 Å². The standard InChI is InChI=1S/C13H15ClN6O5S2/c1-2-26(21,22)6-5-16-12-18-11(14)19-13(20-12)17-8-3-4-10(9(15)7-8)27(23,24)25/h2-4,7H,1,5-6,15H2,(H,23,24,25)(H2,16,17,18,19,20). The van der Waals surface area contributed by atoms with Crippen LogP contribution >= 0.6 is 11.6 Å². The summed E-state index contributed by atoms with van der Waals surface area (Å²) in [4.78, 5) is 11.3. The Balaban J connectivity index is 2.16. The highest BCUT2D eigenvalue weighted by Gasteiger charge is 2.14. The molecule has 2 rings (SSSR count). The maximum Gasteiger partial charge on any atom is 0.296 e. The van der Waals surface area contributed by atoms with E-state index < -0.39 is 24.9 Å². The molecule has 27 heavy (non-hydrogen) atoms.